The number of aliphatic hydroxyl groups is 1. The predicted octanol–water partition coefficient (Wildman–Crippen LogP) is 4.17. The van der Waals surface area contributed by atoms with Crippen molar-refractivity contribution in [3.05, 3.63) is 108 Å². The molecule has 29 heavy (non-hydrogen) atoms. The van der Waals surface area contributed by atoms with Gasteiger partial charge in [-0.2, -0.15) is 0 Å². The Hall–Kier alpha value is -3.70. The van der Waals surface area contributed by atoms with Gasteiger partial charge in [0, 0.05) is 23.0 Å². The van der Waals surface area contributed by atoms with Crippen molar-refractivity contribution in [2.45, 2.75) is 12.5 Å². The van der Waals surface area contributed by atoms with Gasteiger partial charge in [0.1, 0.15) is 11.9 Å². The molecule has 0 saturated carbocycles. The number of benzene rings is 3. The van der Waals surface area contributed by atoms with Gasteiger partial charge in [0.25, 0.3) is 0 Å². The maximum atomic E-state index is 12.2. The first-order valence-corrected chi connectivity index (χ1v) is 9.39. The summed E-state index contributed by atoms with van der Waals surface area (Å²) in [5.41, 5.74) is 4.21. The molecule has 0 saturated heterocycles. The smallest absolute Gasteiger partial charge is 0.145 e. The van der Waals surface area contributed by atoms with Gasteiger partial charge >= 0.3 is 0 Å². The van der Waals surface area contributed by atoms with Crippen molar-refractivity contribution in [1.82, 2.24) is 19.9 Å². The lowest BCUT2D eigenvalue weighted by molar-refractivity contribution is 0.125. The average molecular weight is 378 g/mol. The van der Waals surface area contributed by atoms with E-state index in [0.29, 0.717) is 22.3 Å². The van der Waals surface area contributed by atoms with Crippen molar-refractivity contribution in [2.75, 3.05) is 0 Å². The van der Waals surface area contributed by atoms with Gasteiger partial charge in [-0.1, -0.05) is 54.6 Å². The minimum atomic E-state index is -1.47. The van der Waals surface area contributed by atoms with E-state index in [-0.39, 0.29) is 0 Å². The Morgan fingerprint density at radius 1 is 0.724 bits per heavy atom. The number of para-hydroxylation sites is 3. The Balaban J connectivity index is 1.89. The zero-order valence-corrected chi connectivity index (χ0v) is 15.8. The number of hydrogen-bond acceptors (Lipinski definition) is 5. The van der Waals surface area contributed by atoms with E-state index in [4.69, 9.17) is 9.97 Å². The van der Waals surface area contributed by atoms with E-state index in [1.54, 1.807) is 6.20 Å². The topological polar surface area (TPSA) is 71.8 Å². The molecule has 1 atom stereocenters. The second-order valence-electron chi connectivity index (χ2n) is 6.98. The van der Waals surface area contributed by atoms with Gasteiger partial charge in [0.15, 0.2) is 0 Å². The molecule has 0 bridgehead atoms. The van der Waals surface area contributed by atoms with Crippen molar-refractivity contribution >= 4 is 22.1 Å². The first-order chi connectivity index (χ1) is 14.2. The molecule has 0 fully saturated rings. The third kappa shape index (κ3) is 2.75. The molecule has 0 spiro atoms. The number of aromatic nitrogens is 4. The molecule has 0 amide bonds. The first kappa shape index (κ1) is 17.4. The number of aryl methyl sites for hydroxylation is 1. The number of nitrogens with zero attached hydrogens (tertiary/aromatic N) is 4. The molecule has 140 valence electrons. The van der Waals surface area contributed by atoms with Crippen molar-refractivity contribution in [1.29, 1.82) is 0 Å². The van der Waals surface area contributed by atoms with Crippen molar-refractivity contribution in [3.63, 3.8) is 0 Å². The van der Waals surface area contributed by atoms with Crippen LogP contribution in [0.4, 0.5) is 0 Å². The van der Waals surface area contributed by atoms with Crippen LogP contribution in [0.3, 0.4) is 0 Å². The summed E-state index contributed by atoms with van der Waals surface area (Å²) in [4.78, 5) is 18.1. The van der Waals surface area contributed by atoms with Crippen molar-refractivity contribution in [3.8, 4) is 0 Å². The number of fused-ring (bicyclic) bond motifs is 2. The van der Waals surface area contributed by atoms with Gasteiger partial charge in [-0.25, -0.2) is 19.9 Å². The minimum absolute atomic E-state index is 0.619. The summed E-state index contributed by atoms with van der Waals surface area (Å²) in [5.74, 6) is 0. The molecule has 0 aliphatic heterocycles. The van der Waals surface area contributed by atoms with E-state index in [1.807, 2.05) is 79.7 Å². The molecule has 5 aromatic rings. The van der Waals surface area contributed by atoms with Crippen LogP contribution in [0.25, 0.3) is 22.1 Å². The molecular weight excluding hydrogens is 360 g/mol. The van der Waals surface area contributed by atoms with Gasteiger partial charge in [-0.15, -0.1) is 0 Å². The summed E-state index contributed by atoms with van der Waals surface area (Å²) in [6, 6.07) is 23.0. The Bertz CT molecular complexity index is 1340. The minimum Gasteiger partial charge on any atom is -0.376 e. The molecule has 5 nitrogen and oxygen atoms in total. The normalized spacial score (nSPS) is 13.4. The highest BCUT2D eigenvalue weighted by Crippen LogP contribution is 2.40. The monoisotopic (exact) mass is 378 g/mol. The van der Waals surface area contributed by atoms with Gasteiger partial charge in [-0.05, 0) is 30.7 Å². The fraction of sp³-hybridized carbons (Fsp3) is 0.0833. The van der Waals surface area contributed by atoms with Crippen LogP contribution in [0, 0.1) is 6.92 Å². The van der Waals surface area contributed by atoms with E-state index < -0.39 is 5.60 Å². The molecule has 0 aliphatic rings. The SMILES string of the molecule is Cc1ncncc1C(O)(c1ccccc1)c1cccc2nc3ccccc3nc12. The molecule has 0 aliphatic carbocycles. The quantitative estimate of drug-likeness (QED) is 0.477. The zero-order chi connectivity index (χ0) is 19.8. The van der Waals surface area contributed by atoms with Crippen LogP contribution in [0.2, 0.25) is 0 Å². The van der Waals surface area contributed by atoms with E-state index >= 15 is 0 Å². The summed E-state index contributed by atoms with van der Waals surface area (Å²) < 4.78 is 0. The second-order valence-corrected chi connectivity index (χ2v) is 6.98. The van der Waals surface area contributed by atoms with Crippen LogP contribution in [0.5, 0.6) is 0 Å². The largest absolute Gasteiger partial charge is 0.376 e. The Morgan fingerprint density at radius 3 is 2.17 bits per heavy atom. The van der Waals surface area contributed by atoms with Crippen molar-refractivity contribution < 1.29 is 5.11 Å². The Labute approximate surface area is 167 Å². The number of rotatable bonds is 3. The van der Waals surface area contributed by atoms with Crippen LogP contribution in [0.1, 0.15) is 22.4 Å². The summed E-state index contributed by atoms with van der Waals surface area (Å²) in [7, 11) is 0. The maximum absolute atomic E-state index is 12.2. The van der Waals surface area contributed by atoms with Gasteiger partial charge in [0.05, 0.1) is 22.1 Å². The summed E-state index contributed by atoms with van der Waals surface area (Å²) >= 11 is 0. The van der Waals surface area contributed by atoms with Gasteiger partial charge in [0.2, 0.25) is 0 Å². The molecule has 2 heterocycles. The third-order valence-electron chi connectivity index (χ3n) is 5.25. The molecule has 1 N–H and O–H groups in total. The van der Waals surface area contributed by atoms with E-state index in [2.05, 4.69) is 9.97 Å². The van der Waals surface area contributed by atoms with E-state index in [0.717, 1.165) is 22.1 Å². The highest BCUT2D eigenvalue weighted by atomic mass is 16.3. The van der Waals surface area contributed by atoms with Crippen LogP contribution >= 0.6 is 0 Å². The first-order valence-electron chi connectivity index (χ1n) is 9.39. The lowest BCUT2D eigenvalue weighted by Gasteiger charge is -2.31. The van der Waals surface area contributed by atoms with Crippen molar-refractivity contribution in [2.24, 2.45) is 0 Å². The molecule has 3 aromatic carbocycles. The van der Waals surface area contributed by atoms with Gasteiger partial charge < -0.3 is 5.11 Å². The fourth-order valence-corrected chi connectivity index (χ4v) is 3.82. The lowest BCUT2D eigenvalue weighted by atomic mass is 9.79. The summed E-state index contributed by atoms with van der Waals surface area (Å²) in [6.45, 7) is 1.87. The summed E-state index contributed by atoms with van der Waals surface area (Å²) in [6.07, 6.45) is 3.16. The zero-order valence-electron chi connectivity index (χ0n) is 15.8. The molecule has 5 heteroatoms. The molecule has 1 unspecified atom stereocenters. The molecule has 2 aromatic heterocycles. The highest BCUT2D eigenvalue weighted by Gasteiger charge is 2.38. The van der Waals surface area contributed by atoms with Crippen LogP contribution in [-0.4, -0.2) is 25.0 Å². The Morgan fingerprint density at radius 2 is 1.41 bits per heavy atom. The lowest BCUT2D eigenvalue weighted by Crippen LogP contribution is -2.31. The predicted molar refractivity (Wildman–Crippen MR) is 112 cm³/mol. The third-order valence-corrected chi connectivity index (χ3v) is 5.25. The van der Waals surface area contributed by atoms with E-state index in [1.165, 1.54) is 6.33 Å². The highest BCUT2D eigenvalue weighted by molar-refractivity contribution is 5.89. The van der Waals surface area contributed by atoms with Gasteiger partial charge in [-0.3, -0.25) is 0 Å². The summed E-state index contributed by atoms with van der Waals surface area (Å²) in [5, 5.41) is 12.2. The second kappa shape index (κ2) is 6.72. The van der Waals surface area contributed by atoms with Crippen LogP contribution in [0.15, 0.2) is 85.3 Å². The average Bonchev–Trinajstić information content (AvgIpc) is 2.77. The Kier molecular flexibility index (Phi) is 4.03. The van der Waals surface area contributed by atoms with Crippen LogP contribution in [-0.2, 0) is 5.60 Å². The molecule has 5 rings (SSSR count). The molecule has 0 radical (unpaired) electrons. The van der Waals surface area contributed by atoms with Crippen LogP contribution < -0.4 is 0 Å². The molecular formula is C24H18N4O. The fourth-order valence-electron chi connectivity index (χ4n) is 3.82. The van der Waals surface area contributed by atoms with E-state index in [9.17, 15) is 5.11 Å². The standard InChI is InChI=1S/C24H18N4O/c1-16-19(14-25-15-26-16)24(29,17-8-3-2-4-9-17)18-10-7-13-22-23(18)28-21-12-6-5-11-20(21)27-22/h2-15,29H,1H3. The number of hydrogen-bond donors (Lipinski definition) is 1. The maximum Gasteiger partial charge on any atom is 0.145 e.